The topological polar surface area (TPSA) is 69.7 Å². The zero-order valence-electron chi connectivity index (χ0n) is 16.5. The first-order chi connectivity index (χ1) is 14.0. The lowest BCUT2D eigenvalue weighted by Gasteiger charge is -2.18. The molecule has 4 rings (SSSR count). The fraction of sp³-hybridized carbons (Fsp3) is 0.409. The number of hydrogen-bond acceptors (Lipinski definition) is 4. The maximum absolute atomic E-state index is 12.6. The molecule has 6 nitrogen and oxygen atoms in total. The van der Waals surface area contributed by atoms with Gasteiger partial charge in [0.25, 0.3) is 5.91 Å². The molecule has 1 N–H and O–H groups in total. The lowest BCUT2D eigenvalue weighted by atomic mass is 10.1. The maximum Gasteiger partial charge on any atom is 0.251 e. The van der Waals surface area contributed by atoms with Crippen LogP contribution in [0.15, 0.2) is 59.5 Å². The minimum Gasteiger partial charge on any atom is -0.371 e. The van der Waals surface area contributed by atoms with Crippen molar-refractivity contribution in [1.29, 1.82) is 0 Å². The number of carbonyl (C=O) groups excluding carboxylic acids is 1. The van der Waals surface area contributed by atoms with E-state index in [-0.39, 0.29) is 10.8 Å². The Morgan fingerprint density at radius 1 is 0.966 bits per heavy atom. The van der Waals surface area contributed by atoms with Crippen molar-refractivity contribution < 1.29 is 13.2 Å². The van der Waals surface area contributed by atoms with Crippen LogP contribution in [0.3, 0.4) is 0 Å². The summed E-state index contributed by atoms with van der Waals surface area (Å²) in [5.41, 5.74) is 1.71. The number of nitrogens with zero attached hydrogens (tertiary/aromatic N) is 2. The second kappa shape index (κ2) is 8.55. The summed E-state index contributed by atoms with van der Waals surface area (Å²) in [7, 11) is -3.44. The molecule has 2 heterocycles. The van der Waals surface area contributed by atoms with Crippen molar-refractivity contribution >= 4 is 21.6 Å². The zero-order valence-corrected chi connectivity index (χ0v) is 17.3. The molecule has 7 heteroatoms. The van der Waals surface area contributed by atoms with Crippen LogP contribution in [0.1, 0.15) is 29.6 Å². The Morgan fingerprint density at radius 2 is 1.66 bits per heavy atom. The van der Waals surface area contributed by atoms with Crippen molar-refractivity contribution in [1.82, 2.24) is 9.62 Å². The normalized spacial score (nSPS) is 20.1. The van der Waals surface area contributed by atoms with Crippen molar-refractivity contribution in [2.24, 2.45) is 5.92 Å². The third kappa shape index (κ3) is 4.46. The van der Waals surface area contributed by atoms with Crippen LogP contribution in [0.2, 0.25) is 0 Å². The second-order valence-electron chi connectivity index (χ2n) is 7.78. The average Bonchev–Trinajstić information content (AvgIpc) is 3.45. The Bertz CT molecular complexity index is 939. The molecular formula is C22H27N3O3S. The van der Waals surface area contributed by atoms with Crippen LogP contribution in [-0.4, -0.2) is 51.4 Å². The van der Waals surface area contributed by atoms with Crippen LogP contribution in [-0.2, 0) is 10.0 Å². The Labute approximate surface area is 172 Å². The van der Waals surface area contributed by atoms with Crippen molar-refractivity contribution in [2.45, 2.75) is 24.2 Å². The van der Waals surface area contributed by atoms with E-state index < -0.39 is 10.0 Å². The summed E-state index contributed by atoms with van der Waals surface area (Å²) in [4.78, 5) is 15.1. The number of amides is 1. The maximum atomic E-state index is 12.6. The van der Waals surface area contributed by atoms with Gasteiger partial charge in [0.1, 0.15) is 0 Å². The second-order valence-corrected chi connectivity index (χ2v) is 9.72. The molecule has 0 saturated carbocycles. The van der Waals surface area contributed by atoms with E-state index in [1.165, 1.54) is 22.1 Å². The average molecular weight is 414 g/mol. The third-order valence-electron chi connectivity index (χ3n) is 5.78. The molecule has 0 spiro atoms. The van der Waals surface area contributed by atoms with E-state index in [0.29, 0.717) is 31.1 Å². The van der Waals surface area contributed by atoms with Gasteiger partial charge in [0.05, 0.1) is 4.90 Å². The summed E-state index contributed by atoms with van der Waals surface area (Å²) in [5.74, 6) is 0.252. The van der Waals surface area contributed by atoms with Gasteiger partial charge in [-0.1, -0.05) is 18.2 Å². The van der Waals surface area contributed by atoms with E-state index in [4.69, 9.17) is 0 Å². The molecule has 2 aliphatic rings. The third-order valence-corrected chi connectivity index (χ3v) is 7.69. The number of para-hydroxylation sites is 1. The van der Waals surface area contributed by atoms with Crippen LogP contribution < -0.4 is 10.2 Å². The van der Waals surface area contributed by atoms with Gasteiger partial charge in [0, 0.05) is 44.0 Å². The van der Waals surface area contributed by atoms with Crippen molar-refractivity contribution in [3.8, 4) is 0 Å². The molecule has 2 aromatic rings. The molecule has 1 atom stereocenters. The van der Waals surface area contributed by atoms with Crippen LogP contribution in [0, 0.1) is 5.92 Å². The van der Waals surface area contributed by atoms with Gasteiger partial charge in [-0.05, 0) is 61.6 Å². The molecule has 1 unspecified atom stereocenters. The van der Waals surface area contributed by atoms with Crippen molar-refractivity contribution in [3.63, 3.8) is 0 Å². The van der Waals surface area contributed by atoms with Crippen LogP contribution in [0.4, 0.5) is 5.69 Å². The van der Waals surface area contributed by atoms with Crippen molar-refractivity contribution in [3.05, 3.63) is 60.2 Å². The molecular weight excluding hydrogens is 386 g/mol. The first-order valence-corrected chi connectivity index (χ1v) is 11.7. The number of anilines is 1. The molecule has 0 aromatic heterocycles. The molecule has 1 amide bonds. The summed E-state index contributed by atoms with van der Waals surface area (Å²) >= 11 is 0. The number of hydrogen-bond donors (Lipinski definition) is 1. The first-order valence-electron chi connectivity index (χ1n) is 10.2. The molecule has 2 aromatic carbocycles. The SMILES string of the molecule is O=C(NCC1CCN(c2ccccc2)C1)c1ccc(S(=O)(=O)N2CCCC2)cc1. The minimum absolute atomic E-state index is 0.159. The molecule has 154 valence electrons. The number of carbonyl (C=O) groups is 1. The summed E-state index contributed by atoms with van der Waals surface area (Å²) in [6, 6.07) is 16.6. The minimum atomic E-state index is -3.44. The summed E-state index contributed by atoms with van der Waals surface area (Å²) < 4.78 is 26.7. The smallest absolute Gasteiger partial charge is 0.251 e. The Balaban J connectivity index is 1.31. The van der Waals surface area contributed by atoms with E-state index in [2.05, 4.69) is 22.3 Å². The number of benzene rings is 2. The van der Waals surface area contributed by atoms with E-state index in [1.807, 2.05) is 18.2 Å². The van der Waals surface area contributed by atoms with E-state index in [1.54, 1.807) is 12.1 Å². The largest absolute Gasteiger partial charge is 0.371 e. The highest BCUT2D eigenvalue weighted by molar-refractivity contribution is 7.89. The number of sulfonamides is 1. The van der Waals surface area contributed by atoms with E-state index in [0.717, 1.165) is 32.4 Å². The van der Waals surface area contributed by atoms with Gasteiger partial charge < -0.3 is 10.2 Å². The van der Waals surface area contributed by atoms with Crippen molar-refractivity contribution in [2.75, 3.05) is 37.6 Å². The Morgan fingerprint density at radius 3 is 2.34 bits per heavy atom. The highest BCUT2D eigenvalue weighted by atomic mass is 32.2. The fourth-order valence-corrected chi connectivity index (χ4v) is 5.58. The van der Waals surface area contributed by atoms with Crippen LogP contribution >= 0.6 is 0 Å². The monoisotopic (exact) mass is 413 g/mol. The van der Waals surface area contributed by atoms with Gasteiger partial charge >= 0.3 is 0 Å². The summed E-state index contributed by atoms with van der Waals surface area (Å²) in [6.07, 6.45) is 2.85. The standard InChI is InChI=1S/C22H27N3O3S/c26-22(23-16-18-12-15-24(17-18)20-6-2-1-3-7-20)19-8-10-21(11-9-19)29(27,28)25-13-4-5-14-25/h1-3,6-11,18H,4-5,12-17H2,(H,23,26). The van der Waals surface area contributed by atoms with Gasteiger partial charge in [-0.25, -0.2) is 8.42 Å². The highest BCUT2D eigenvalue weighted by Crippen LogP contribution is 2.23. The lowest BCUT2D eigenvalue weighted by Crippen LogP contribution is -2.31. The molecule has 2 fully saturated rings. The van der Waals surface area contributed by atoms with E-state index >= 15 is 0 Å². The van der Waals surface area contributed by atoms with E-state index in [9.17, 15) is 13.2 Å². The molecule has 2 saturated heterocycles. The van der Waals surface area contributed by atoms with Gasteiger partial charge in [0.2, 0.25) is 10.0 Å². The Hall–Kier alpha value is -2.38. The van der Waals surface area contributed by atoms with Crippen LogP contribution in [0.5, 0.6) is 0 Å². The number of rotatable bonds is 6. The molecule has 0 radical (unpaired) electrons. The van der Waals surface area contributed by atoms with Gasteiger partial charge in [0.15, 0.2) is 0 Å². The lowest BCUT2D eigenvalue weighted by molar-refractivity contribution is 0.0948. The predicted octanol–water partition coefficient (Wildman–Crippen LogP) is 2.73. The summed E-state index contributed by atoms with van der Waals surface area (Å²) in [6.45, 7) is 3.69. The van der Waals surface area contributed by atoms with Gasteiger partial charge in [-0.2, -0.15) is 4.31 Å². The summed E-state index contributed by atoms with van der Waals surface area (Å²) in [5, 5.41) is 3.00. The molecule has 0 aliphatic carbocycles. The quantitative estimate of drug-likeness (QED) is 0.791. The Kier molecular flexibility index (Phi) is 5.87. The predicted molar refractivity (Wildman–Crippen MR) is 114 cm³/mol. The highest BCUT2D eigenvalue weighted by Gasteiger charge is 2.27. The first kappa shape index (κ1) is 19.9. The van der Waals surface area contributed by atoms with Gasteiger partial charge in [-0.3, -0.25) is 4.79 Å². The molecule has 2 aliphatic heterocycles. The fourth-order valence-electron chi connectivity index (χ4n) is 4.07. The molecule has 29 heavy (non-hydrogen) atoms. The van der Waals surface area contributed by atoms with Crippen LogP contribution in [0.25, 0.3) is 0 Å². The zero-order chi connectivity index (χ0) is 20.3. The number of nitrogens with one attached hydrogen (secondary N) is 1. The van der Waals surface area contributed by atoms with Gasteiger partial charge in [-0.15, -0.1) is 0 Å². The molecule has 0 bridgehead atoms.